The number of nitrogens with one attached hydrogen (secondary N) is 2. The van der Waals surface area contributed by atoms with Gasteiger partial charge in [0, 0.05) is 18.1 Å². The first kappa shape index (κ1) is 18.4. The molecule has 0 aromatic heterocycles. The van der Waals surface area contributed by atoms with Crippen LogP contribution >= 0.6 is 11.6 Å². The van der Waals surface area contributed by atoms with Crippen LogP contribution in [-0.2, 0) is 4.79 Å². The van der Waals surface area contributed by atoms with Crippen LogP contribution in [-0.4, -0.2) is 31.1 Å². The van der Waals surface area contributed by atoms with Crippen LogP contribution in [0.25, 0.3) is 6.08 Å². The SMILES string of the molecule is CNC(=O)c1ccc(Cl)cc1NC(=O)/C=C/c1ccc(O)c(OC)c1. The van der Waals surface area contributed by atoms with Gasteiger partial charge < -0.3 is 20.5 Å². The lowest BCUT2D eigenvalue weighted by atomic mass is 10.1. The van der Waals surface area contributed by atoms with Crippen molar-refractivity contribution < 1.29 is 19.4 Å². The summed E-state index contributed by atoms with van der Waals surface area (Å²) >= 11 is 5.93. The minimum absolute atomic E-state index is 0.0123. The van der Waals surface area contributed by atoms with E-state index in [2.05, 4.69) is 10.6 Å². The summed E-state index contributed by atoms with van der Waals surface area (Å²) in [5.41, 5.74) is 1.28. The Labute approximate surface area is 150 Å². The Hall–Kier alpha value is -2.99. The first-order valence-electron chi connectivity index (χ1n) is 7.32. The molecule has 0 atom stereocenters. The van der Waals surface area contributed by atoms with Crippen LogP contribution < -0.4 is 15.4 Å². The van der Waals surface area contributed by atoms with Crippen LogP contribution in [0, 0.1) is 0 Å². The lowest BCUT2D eigenvalue weighted by molar-refractivity contribution is -0.111. The van der Waals surface area contributed by atoms with Crippen molar-refractivity contribution in [1.29, 1.82) is 0 Å². The van der Waals surface area contributed by atoms with Gasteiger partial charge in [-0.2, -0.15) is 0 Å². The van der Waals surface area contributed by atoms with Gasteiger partial charge in [0.1, 0.15) is 0 Å². The van der Waals surface area contributed by atoms with Crippen LogP contribution in [0.2, 0.25) is 5.02 Å². The van der Waals surface area contributed by atoms with Crippen molar-refractivity contribution in [1.82, 2.24) is 5.32 Å². The van der Waals surface area contributed by atoms with Crippen LogP contribution in [0.4, 0.5) is 5.69 Å². The zero-order valence-electron chi connectivity index (χ0n) is 13.7. The van der Waals surface area contributed by atoms with Crippen molar-refractivity contribution in [2.75, 3.05) is 19.5 Å². The van der Waals surface area contributed by atoms with Gasteiger partial charge in [0.05, 0.1) is 18.4 Å². The minimum Gasteiger partial charge on any atom is -0.504 e. The van der Waals surface area contributed by atoms with Crippen molar-refractivity contribution in [3.63, 3.8) is 0 Å². The number of rotatable bonds is 5. The van der Waals surface area contributed by atoms with Crippen molar-refractivity contribution in [3.8, 4) is 11.5 Å². The Morgan fingerprint density at radius 2 is 1.96 bits per heavy atom. The van der Waals surface area contributed by atoms with E-state index in [4.69, 9.17) is 16.3 Å². The van der Waals surface area contributed by atoms with Crippen LogP contribution in [0.5, 0.6) is 11.5 Å². The number of hydrogen-bond acceptors (Lipinski definition) is 4. The fraction of sp³-hybridized carbons (Fsp3) is 0.111. The highest BCUT2D eigenvalue weighted by Crippen LogP contribution is 2.27. The maximum Gasteiger partial charge on any atom is 0.253 e. The summed E-state index contributed by atoms with van der Waals surface area (Å²) in [4.78, 5) is 24.0. The normalized spacial score (nSPS) is 10.5. The number of anilines is 1. The molecule has 0 spiro atoms. The van der Waals surface area contributed by atoms with Crippen LogP contribution in [0.1, 0.15) is 15.9 Å². The molecule has 0 saturated heterocycles. The van der Waals surface area contributed by atoms with Crippen LogP contribution in [0.15, 0.2) is 42.5 Å². The van der Waals surface area contributed by atoms with Crippen molar-refractivity contribution >= 4 is 35.2 Å². The summed E-state index contributed by atoms with van der Waals surface area (Å²) in [6.45, 7) is 0. The third-order valence-electron chi connectivity index (χ3n) is 3.34. The average molecular weight is 361 g/mol. The number of benzene rings is 2. The zero-order chi connectivity index (χ0) is 18.4. The van der Waals surface area contributed by atoms with Gasteiger partial charge in [-0.05, 0) is 42.0 Å². The lowest BCUT2D eigenvalue weighted by Crippen LogP contribution is -2.20. The molecule has 130 valence electrons. The molecule has 0 radical (unpaired) electrons. The van der Waals surface area contributed by atoms with E-state index in [-0.39, 0.29) is 11.7 Å². The molecule has 3 N–H and O–H groups in total. The van der Waals surface area contributed by atoms with E-state index in [0.717, 1.165) is 0 Å². The predicted molar refractivity (Wildman–Crippen MR) is 97.2 cm³/mol. The van der Waals surface area contributed by atoms with Crippen molar-refractivity contribution in [3.05, 3.63) is 58.6 Å². The largest absolute Gasteiger partial charge is 0.504 e. The second-order valence-electron chi connectivity index (χ2n) is 5.02. The Kier molecular flexibility index (Phi) is 6.03. The van der Waals surface area contributed by atoms with E-state index in [9.17, 15) is 14.7 Å². The Bertz CT molecular complexity index is 834. The highest BCUT2D eigenvalue weighted by molar-refractivity contribution is 6.31. The predicted octanol–water partition coefficient (Wildman–Crippen LogP) is 3.07. The molecule has 7 heteroatoms. The number of halogens is 1. The molecule has 2 aromatic carbocycles. The standard InChI is InChI=1S/C18H17ClN2O4/c1-20-18(24)13-6-5-12(19)10-14(13)21-17(23)8-4-11-3-7-15(22)16(9-11)25-2/h3-10,22H,1-2H3,(H,20,24)(H,21,23)/b8-4+. The summed E-state index contributed by atoms with van der Waals surface area (Å²) in [7, 11) is 2.94. The summed E-state index contributed by atoms with van der Waals surface area (Å²) in [6, 6.07) is 9.30. The molecular formula is C18H17ClN2O4. The number of aromatic hydroxyl groups is 1. The molecule has 2 aromatic rings. The summed E-state index contributed by atoms with van der Waals surface area (Å²) in [5.74, 6) is -0.448. The van der Waals surface area contributed by atoms with E-state index < -0.39 is 5.91 Å². The van der Waals surface area contributed by atoms with Gasteiger partial charge in [-0.15, -0.1) is 0 Å². The number of phenolic OH excluding ortho intramolecular Hbond substituents is 1. The van der Waals surface area contributed by atoms with Gasteiger partial charge in [0.2, 0.25) is 5.91 Å². The zero-order valence-corrected chi connectivity index (χ0v) is 14.4. The molecule has 6 nitrogen and oxygen atoms in total. The topological polar surface area (TPSA) is 87.7 Å². The highest BCUT2D eigenvalue weighted by atomic mass is 35.5. The molecule has 0 bridgehead atoms. The van der Waals surface area contributed by atoms with E-state index in [0.29, 0.717) is 27.6 Å². The molecule has 0 aliphatic carbocycles. The summed E-state index contributed by atoms with van der Waals surface area (Å²) in [5, 5.41) is 15.1. The van der Waals surface area contributed by atoms with Gasteiger partial charge in [-0.3, -0.25) is 9.59 Å². The Morgan fingerprint density at radius 3 is 2.64 bits per heavy atom. The number of amides is 2. The van der Waals surface area contributed by atoms with Gasteiger partial charge in [-0.1, -0.05) is 17.7 Å². The minimum atomic E-state index is -0.431. The van der Waals surface area contributed by atoms with E-state index in [1.54, 1.807) is 24.3 Å². The number of ether oxygens (including phenoxy) is 1. The average Bonchev–Trinajstić information content (AvgIpc) is 2.60. The number of carbonyl (C=O) groups excluding carboxylic acids is 2. The smallest absolute Gasteiger partial charge is 0.253 e. The summed E-state index contributed by atoms with van der Waals surface area (Å²) < 4.78 is 5.01. The van der Waals surface area contributed by atoms with Gasteiger partial charge >= 0.3 is 0 Å². The van der Waals surface area contributed by atoms with E-state index in [1.807, 2.05) is 0 Å². The molecular weight excluding hydrogens is 344 g/mol. The van der Waals surface area contributed by atoms with Crippen LogP contribution in [0.3, 0.4) is 0 Å². The fourth-order valence-electron chi connectivity index (χ4n) is 2.10. The third-order valence-corrected chi connectivity index (χ3v) is 3.58. The summed E-state index contributed by atoms with van der Waals surface area (Å²) in [6.07, 6.45) is 2.86. The number of carbonyl (C=O) groups is 2. The quantitative estimate of drug-likeness (QED) is 0.715. The fourth-order valence-corrected chi connectivity index (χ4v) is 2.27. The number of methoxy groups -OCH3 is 1. The monoisotopic (exact) mass is 360 g/mol. The molecule has 2 amide bonds. The Morgan fingerprint density at radius 1 is 1.20 bits per heavy atom. The molecule has 25 heavy (non-hydrogen) atoms. The van der Waals surface area contributed by atoms with Gasteiger partial charge in [0.25, 0.3) is 5.91 Å². The van der Waals surface area contributed by atoms with Crippen molar-refractivity contribution in [2.24, 2.45) is 0 Å². The van der Waals surface area contributed by atoms with Crippen molar-refractivity contribution in [2.45, 2.75) is 0 Å². The lowest BCUT2D eigenvalue weighted by Gasteiger charge is -2.09. The molecule has 0 heterocycles. The maximum atomic E-state index is 12.1. The van der Waals surface area contributed by atoms with Gasteiger partial charge in [0.15, 0.2) is 11.5 Å². The molecule has 0 saturated carbocycles. The molecule has 0 unspecified atom stereocenters. The first-order valence-corrected chi connectivity index (χ1v) is 7.70. The number of hydrogen-bond donors (Lipinski definition) is 3. The first-order chi connectivity index (χ1) is 11.9. The maximum absolute atomic E-state index is 12.1. The second kappa shape index (κ2) is 8.21. The van der Waals surface area contributed by atoms with E-state index in [1.165, 1.54) is 38.4 Å². The highest BCUT2D eigenvalue weighted by Gasteiger charge is 2.12. The number of phenols is 1. The third kappa shape index (κ3) is 4.74. The molecule has 0 fully saturated rings. The molecule has 0 aliphatic heterocycles. The second-order valence-corrected chi connectivity index (χ2v) is 5.46. The van der Waals surface area contributed by atoms with Gasteiger partial charge in [-0.25, -0.2) is 0 Å². The van der Waals surface area contributed by atoms with E-state index >= 15 is 0 Å². The molecule has 0 aliphatic rings. The Balaban J connectivity index is 2.17. The molecule has 2 rings (SSSR count).